The molecule has 0 spiro atoms. The van der Waals surface area contributed by atoms with Crippen molar-refractivity contribution in [3.05, 3.63) is 22.7 Å². The van der Waals surface area contributed by atoms with Crippen molar-refractivity contribution in [2.75, 3.05) is 12.3 Å². The molecule has 0 aliphatic carbocycles. The number of nitrogens with zero attached hydrogens (tertiary/aromatic N) is 2. The van der Waals surface area contributed by atoms with Gasteiger partial charge in [0.1, 0.15) is 0 Å². The molecule has 1 fully saturated rings. The molecule has 1 unspecified atom stereocenters. The Bertz CT molecular complexity index is 469. The number of hydrogen-bond acceptors (Lipinski definition) is 5. The maximum atomic E-state index is 13.8. The van der Waals surface area contributed by atoms with Crippen LogP contribution in [-0.2, 0) is 0 Å². The fourth-order valence-corrected chi connectivity index (χ4v) is 4.55. The maximum absolute atomic E-state index is 13.8. The normalized spacial score (nSPS) is 32.9. The second-order valence-corrected chi connectivity index (χ2v) is 6.58. The average Bonchev–Trinajstić information content (AvgIpc) is 2.57. The van der Waals surface area contributed by atoms with Gasteiger partial charge in [0.25, 0.3) is 0 Å². The Kier molecular flexibility index (Phi) is 3.48. The molecule has 2 rings (SSSR count). The Morgan fingerprint density at radius 1 is 1.65 bits per heavy atom. The van der Waals surface area contributed by atoms with E-state index in [2.05, 4.69) is 4.98 Å². The van der Waals surface area contributed by atoms with Crippen molar-refractivity contribution >= 4 is 20.8 Å². The minimum absolute atomic E-state index is 0.0754. The molecule has 0 aromatic carbocycles. The summed E-state index contributed by atoms with van der Waals surface area (Å²) in [4.78, 5) is 13.8. The topological polar surface area (TPSA) is 101 Å². The summed E-state index contributed by atoms with van der Waals surface area (Å²) in [5, 5.41) is 18.6. The number of nitrogen functional groups attached to an aromatic ring is 1. The molecule has 4 N–H and O–H groups in total. The summed E-state index contributed by atoms with van der Waals surface area (Å²) >= 11 is -0.408. The fourth-order valence-electron chi connectivity index (χ4n) is 1.70. The van der Waals surface area contributed by atoms with E-state index in [4.69, 9.17) is 10.8 Å². The van der Waals surface area contributed by atoms with Crippen LogP contribution in [0.4, 0.5) is 10.2 Å². The van der Waals surface area contributed by atoms with Crippen molar-refractivity contribution in [1.82, 2.24) is 9.55 Å². The molecule has 0 saturated carbocycles. The van der Waals surface area contributed by atoms with Gasteiger partial charge in [-0.1, -0.05) is 0 Å². The van der Waals surface area contributed by atoms with Crippen molar-refractivity contribution < 1.29 is 14.6 Å². The molecule has 1 aliphatic heterocycles. The summed E-state index contributed by atoms with van der Waals surface area (Å²) in [6, 6.07) is 1.41. The Balaban J connectivity index is 2.32. The van der Waals surface area contributed by atoms with E-state index in [1.54, 1.807) is 0 Å². The van der Waals surface area contributed by atoms with Crippen LogP contribution in [0.15, 0.2) is 17.1 Å². The molecule has 0 amide bonds. The van der Waals surface area contributed by atoms with E-state index in [0.717, 1.165) is 4.57 Å². The van der Waals surface area contributed by atoms with Gasteiger partial charge in [-0.15, -0.1) is 0 Å². The molecule has 1 aromatic heterocycles. The minimum atomic E-state index is -1.56. The molecule has 4 atom stereocenters. The SMILES string of the molecule is Nc1ccn(C2[Se][C@H](CO)[C@@H](O)[C@@H]2F)c(=O)n1. The number of anilines is 1. The molecule has 2 heterocycles. The van der Waals surface area contributed by atoms with E-state index < -0.39 is 42.7 Å². The van der Waals surface area contributed by atoms with Gasteiger partial charge in [0, 0.05) is 0 Å². The van der Waals surface area contributed by atoms with Crippen LogP contribution in [0.3, 0.4) is 0 Å². The second kappa shape index (κ2) is 4.73. The van der Waals surface area contributed by atoms with Crippen LogP contribution in [0, 0.1) is 0 Å². The van der Waals surface area contributed by atoms with Gasteiger partial charge in [-0.25, -0.2) is 0 Å². The number of rotatable bonds is 2. The Labute approximate surface area is 102 Å². The van der Waals surface area contributed by atoms with Crippen molar-refractivity contribution in [1.29, 1.82) is 0 Å². The summed E-state index contributed by atoms with van der Waals surface area (Å²) < 4.78 is 15.0. The summed E-state index contributed by atoms with van der Waals surface area (Å²) in [5.41, 5.74) is 4.71. The molecular formula is C9H12FN3O3Se. The van der Waals surface area contributed by atoms with Crippen LogP contribution >= 0.6 is 0 Å². The van der Waals surface area contributed by atoms with Gasteiger partial charge in [0.15, 0.2) is 0 Å². The third-order valence-corrected chi connectivity index (χ3v) is 5.84. The quantitative estimate of drug-likeness (QED) is 0.579. The Hall–Kier alpha value is -0.951. The van der Waals surface area contributed by atoms with E-state index in [1.165, 1.54) is 12.3 Å². The van der Waals surface area contributed by atoms with Crippen LogP contribution < -0.4 is 11.4 Å². The van der Waals surface area contributed by atoms with Crippen LogP contribution in [0.1, 0.15) is 4.94 Å². The fraction of sp³-hybridized carbons (Fsp3) is 0.556. The number of aromatic nitrogens is 2. The number of halogens is 1. The van der Waals surface area contributed by atoms with Gasteiger partial charge >= 0.3 is 102 Å². The van der Waals surface area contributed by atoms with E-state index in [0.29, 0.717) is 0 Å². The standard InChI is InChI=1S/C9H12FN3O3Se/c10-6-7(15)4(3-14)17-8(6)13-2-1-5(11)12-9(13)16/h1-2,4,6-8,14-15H,3H2,(H2,11,12,16)/t4-,6+,7-,8?/m1/s1. The van der Waals surface area contributed by atoms with Gasteiger partial charge in [-0.05, 0) is 0 Å². The van der Waals surface area contributed by atoms with Gasteiger partial charge < -0.3 is 0 Å². The number of nitrogens with two attached hydrogens (primary N) is 1. The van der Waals surface area contributed by atoms with Crippen molar-refractivity contribution in [3.8, 4) is 0 Å². The predicted molar refractivity (Wildman–Crippen MR) is 59.4 cm³/mol. The van der Waals surface area contributed by atoms with Crippen LogP contribution in [0.5, 0.6) is 0 Å². The first-order valence-electron chi connectivity index (χ1n) is 4.97. The third kappa shape index (κ3) is 2.21. The third-order valence-electron chi connectivity index (χ3n) is 2.60. The predicted octanol–water partition coefficient (Wildman–Crippen LogP) is -1.48. The zero-order valence-corrected chi connectivity index (χ0v) is 10.4. The molecule has 94 valence electrons. The van der Waals surface area contributed by atoms with Crippen molar-refractivity contribution in [3.63, 3.8) is 0 Å². The zero-order chi connectivity index (χ0) is 12.6. The van der Waals surface area contributed by atoms with E-state index in [-0.39, 0.29) is 12.4 Å². The molecular weight excluding hydrogens is 296 g/mol. The molecule has 8 heteroatoms. The summed E-state index contributed by atoms with van der Waals surface area (Å²) in [5.74, 6) is 0.0754. The van der Waals surface area contributed by atoms with Gasteiger partial charge in [0.2, 0.25) is 0 Å². The molecule has 6 nitrogen and oxygen atoms in total. The number of hydrogen-bond donors (Lipinski definition) is 3. The molecule has 0 radical (unpaired) electrons. The van der Waals surface area contributed by atoms with Crippen molar-refractivity contribution in [2.45, 2.75) is 22.0 Å². The first-order chi connectivity index (χ1) is 8.04. The molecule has 17 heavy (non-hydrogen) atoms. The molecule has 1 saturated heterocycles. The molecule has 1 aliphatic rings. The van der Waals surface area contributed by atoms with E-state index in [1.807, 2.05) is 0 Å². The van der Waals surface area contributed by atoms with E-state index >= 15 is 0 Å². The van der Waals surface area contributed by atoms with Crippen LogP contribution in [-0.4, -0.2) is 53.6 Å². The first-order valence-corrected chi connectivity index (χ1v) is 6.95. The Morgan fingerprint density at radius 2 is 2.35 bits per heavy atom. The molecule has 0 bridgehead atoms. The van der Waals surface area contributed by atoms with Crippen molar-refractivity contribution in [2.24, 2.45) is 0 Å². The zero-order valence-electron chi connectivity index (χ0n) is 8.73. The Morgan fingerprint density at radius 3 is 2.88 bits per heavy atom. The number of aliphatic hydroxyl groups excluding tert-OH is 2. The van der Waals surface area contributed by atoms with Gasteiger partial charge in [-0.2, -0.15) is 0 Å². The molecule has 1 aromatic rings. The van der Waals surface area contributed by atoms with Gasteiger partial charge in [0.05, 0.1) is 0 Å². The van der Waals surface area contributed by atoms with Crippen LogP contribution in [0.25, 0.3) is 0 Å². The second-order valence-electron chi connectivity index (χ2n) is 3.72. The summed E-state index contributed by atoms with van der Waals surface area (Å²) in [6.45, 7) is -0.283. The summed E-state index contributed by atoms with van der Waals surface area (Å²) in [7, 11) is 0. The first kappa shape index (κ1) is 12.5. The number of aliphatic hydroxyl groups is 2. The summed E-state index contributed by atoms with van der Waals surface area (Å²) in [6.07, 6.45) is -1.42. The number of alkyl halides is 1. The monoisotopic (exact) mass is 309 g/mol. The van der Waals surface area contributed by atoms with Gasteiger partial charge in [-0.3, -0.25) is 0 Å². The van der Waals surface area contributed by atoms with E-state index in [9.17, 15) is 14.3 Å². The average molecular weight is 308 g/mol. The van der Waals surface area contributed by atoms with Crippen LogP contribution in [0.2, 0.25) is 4.82 Å².